The maximum absolute atomic E-state index is 5.93. The fourth-order valence-corrected chi connectivity index (χ4v) is 3.06. The van der Waals surface area contributed by atoms with Gasteiger partial charge in [-0.15, -0.1) is 0 Å². The summed E-state index contributed by atoms with van der Waals surface area (Å²) in [5.74, 6) is 0.860. The summed E-state index contributed by atoms with van der Waals surface area (Å²) < 4.78 is 5.30. The van der Waals surface area contributed by atoms with Gasteiger partial charge in [0.2, 0.25) is 0 Å². The summed E-state index contributed by atoms with van der Waals surface area (Å²) in [4.78, 5) is 2.61. The lowest BCUT2D eigenvalue weighted by atomic mass is 9.97. The third-order valence-corrected chi connectivity index (χ3v) is 3.98. The first-order valence-electron chi connectivity index (χ1n) is 7.40. The molecule has 1 aliphatic rings. The van der Waals surface area contributed by atoms with Crippen LogP contribution in [0.3, 0.4) is 0 Å². The molecule has 0 aliphatic carbocycles. The maximum atomic E-state index is 5.93. The van der Waals surface area contributed by atoms with Crippen molar-refractivity contribution in [2.45, 2.75) is 51.6 Å². The minimum Gasteiger partial charge on any atom is -0.497 e. The predicted molar refractivity (Wildman–Crippen MR) is 80.4 cm³/mol. The second kappa shape index (κ2) is 6.80. The molecular formula is C16H26N2O. The number of likely N-dealkylation sites (tertiary alicyclic amines) is 1. The van der Waals surface area contributed by atoms with Crippen molar-refractivity contribution in [1.82, 2.24) is 4.90 Å². The zero-order chi connectivity index (χ0) is 13.7. The number of piperidine rings is 1. The summed E-state index contributed by atoms with van der Waals surface area (Å²) in [7, 11) is 1.69. The highest BCUT2D eigenvalue weighted by atomic mass is 16.5. The Morgan fingerprint density at radius 3 is 2.89 bits per heavy atom. The molecule has 1 aromatic carbocycles. The van der Waals surface area contributed by atoms with Crippen LogP contribution < -0.4 is 10.5 Å². The van der Waals surface area contributed by atoms with E-state index < -0.39 is 0 Å². The summed E-state index contributed by atoms with van der Waals surface area (Å²) >= 11 is 0. The second-order valence-electron chi connectivity index (χ2n) is 5.52. The number of nitrogens with two attached hydrogens (primary N) is 1. The van der Waals surface area contributed by atoms with E-state index in [0.717, 1.165) is 24.0 Å². The summed E-state index contributed by atoms with van der Waals surface area (Å²) in [5, 5.41) is 0. The standard InChI is InChI=1S/C16H26N2O/c1-3-6-15-7-4-5-8-18(15)12-13-9-14(17)11-16(10-13)19-2/h9-11,15H,3-8,12,17H2,1-2H3. The van der Waals surface area contributed by atoms with Gasteiger partial charge in [0, 0.05) is 24.3 Å². The first-order valence-corrected chi connectivity index (χ1v) is 7.40. The largest absolute Gasteiger partial charge is 0.497 e. The van der Waals surface area contributed by atoms with Gasteiger partial charge in [0.15, 0.2) is 0 Å². The molecule has 3 heteroatoms. The number of anilines is 1. The van der Waals surface area contributed by atoms with Crippen molar-refractivity contribution in [2.24, 2.45) is 0 Å². The van der Waals surface area contributed by atoms with E-state index in [1.54, 1.807) is 7.11 Å². The normalized spacial score (nSPS) is 20.4. The Bertz CT molecular complexity index is 404. The number of hydrogen-bond acceptors (Lipinski definition) is 3. The Morgan fingerprint density at radius 2 is 2.16 bits per heavy atom. The molecule has 19 heavy (non-hydrogen) atoms. The Kier molecular flexibility index (Phi) is 5.08. The quantitative estimate of drug-likeness (QED) is 0.826. The van der Waals surface area contributed by atoms with Crippen molar-refractivity contribution < 1.29 is 4.74 Å². The minimum absolute atomic E-state index is 0.742. The maximum Gasteiger partial charge on any atom is 0.121 e. The zero-order valence-electron chi connectivity index (χ0n) is 12.2. The van der Waals surface area contributed by atoms with Crippen molar-refractivity contribution in [3.05, 3.63) is 23.8 Å². The van der Waals surface area contributed by atoms with Crippen LogP contribution in [0.4, 0.5) is 5.69 Å². The summed E-state index contributed by atoms with van der Waals surface area (Å²) in [6.07, 6.45) is 6.61. The van der Waals surface area contributed by atoms with Crippen LogP contribution in [0.1, 0.15) is 44.6 Å². The molecule has 0 aromatic heterocycles. The van der Waals surface area contributed by atoms with E-state index in [9.17, 15) is 0 Å². The van der Waals surface area contributed by atoms with Crippen molar-refractivity contribution >= 4 is 5.69 Å². The monoisotopic (exact) mass is 262 g/mol. The van der Waals surface area contributed by atoms with Gasteiger partial charge in [-0.25, -0.2) is 0 Å². The number of hydrogen-bond donors (Lipinski definition) is 1. The number of methoxy groups -OCH3 is 1. The van der Waals surface area contributed by atoms with Crippen molar-refractivity contribution in [3.63, 3.8) is 0 Å². The SMILES string of the molecule is CCCC1CCCCN1Cc1cc(N)cc(OC)c1. The van der Waals surface area contributed by atoms with Crippen LogP contribution in [0.5, 0.6) is 5.75 Å². The van der Waals surface area contributed by atoms with E-state index in [0.29, 0.717) is 0 Å². The van der Waals surface area contributed by atoms with E-state index in [2.05, 4.69) is 24.0 Å². The van der Waals surface area contributed by atoms with Crippen LogP contribution in [0.15, 0.2) is 18.2 Å². The van der Waals surface area contributed by atoms with Gasteiger partial charge in [0.25, 0.3) is 0 Å². The van der Waals surface area contributed by atoms with Gasteiger partial charge >= 0.3 is 0 Å². The lowest BCUT2D eigenvalue weighted by Gasteiger charge is -2.35. The van der Waals surface area contributed by atoms with Gasteiger partial charge in [-0.3, -0.25) is 4.90 Å². The Morgan fingerprint density at radius 1 is 1.32 bits per heavy atom. The van der Waals surface area contributed by atoms with Crippen molar-refractivity contribution in [3.8, 4) is 5.75 Å². The highest BCUT2D eigenvalue weighted by Crippen LogP contribution is 2.25. The molecule has 1 fully saturated rings. The molecule has 1 aromatic rings. The summed E-state index contributed by atoms with van der Waals surface area (Å²) in [5.41, 5.74) is 7.99. The topological polar surface area (TPSA) is 38.5 Å². The molecule has 0 radical (unpaired) electrons. The Balaban J connectivity index is 2.07. The summed E-state index contributed by atoms with van der Waals surface area (Å²) in [6, 6.07) is 6.79. The van der Waals surface area contributed by atoms with Crippen molar-refractivity contribution in [2.75, 3.05) is 19.4 Å². The molecule has 2 N–H and O–H groups in total. The van der Waals surface area contributed by atoms with Gasteiger partial charge in [0.1, 0.15) is 5.75 Å². The Hall–Kier alpha value is -1.22. The zero-order valence-corrected chi connectivity index (χ0v) is 12.2. The number of nitrogens with zero attached hydrogens (tertiary/aromatic N) is 1. The van der Waals surface area contributed by atoms with E-state index in [1.807, 2.05) is 6.07 Å². The second-order valence-corrected chi connectivity index (χ2v) is 5.52. The highest BCUT2D eigenvalue weighted by Gasteiger charge is 2.21. The van der Waals surface area contributed by atoms with Crippen molar-refractivity contribution in [1.29, 1.82) is 0 Å². The number of nitrogen functional groups attached to an aromatic ring is 1. The van der Waals surface area contributed by atoms with Crippen LogP contribution in [0.25, 0.3) is 0 Å². The molecular weight excluding hydrogens is 236 g/mol. The number of benzene rings is 1. The molecule has 3 nitrogen and oxygen atoms in total. The number of rotatable bonds is 5. The van der Waals surface area contributed by atoms with E-state index >= 15 is 0 Å². The third kappa shape index (κ3) is 3.87. The highest BCUT2D eigenvalue weighted by molar-refractivity contribution is 5.47. The lowest BCUT2D eigenvalue weighted by Crippen LogP contribution is -2.38. The molecule has 106 valence electrons. The third-order valence-electron chi connectivity index (χ3n) is 3.98. The molecule has 1 saturated heterocycles. The molecule has 1 unspecified atom stereocenters. The summed E-state index contributed by atoms with van der Waals surface area (Å²) in [6.45, 7) is 4.48. The van der Waals surface area contributed by atoms with E-state index in [1.165, 1.54) is 44.2 Å². The molecule has 0 bridgehead atoms. The molecule has 1 heterocycles. The molecule has 2 rings (SSSR count). The molecule has 1 aliphatic heterocycles. The van der Waals surface area contributed by atoms with Gasteiger partial charge in [-0.05, 0) is 43.5 Å². The van der Waals surface area contributed by atoms with E-state index in [4.69, 9.17) is 10.5 Å². The van der Waals surface area contributed by atoms with Crippen LogP contribution in [-0.4, -0.2) is 24.6 Å². The fourth-order valence-electron chi connectivity index (χ4n) is 3.06. The van der Waals surface area contributed by atoms with Crippen LogP contribution in [-0.2, 0) is 6.54 Å². The predicted octanol–water partition coefficient (Wildman–Crippen LogP) is 3.43. The van der Waals surface area contributed by atoms with Gasteiger partial charge in [-0.2, -0.15) is 0 Å². The molecule has 0 spiro atoms. The van der Waals surface area contributed by atoms with Gasteiger partial charge in [-0.1, -0.05) is 19.8 Å². The van der Waals surface area contributed by atoms with Crippen LogP contribution >= 0.6 is 0 Å². The number of ether oxygens (including phenoxy) is 1. The Labute approximate surface area is 116 Å². The lowest BCUT2D eigenvalue weighted by molar-refractivity contribution is 0.131. The molecule has 1 atom stereocenters. The average Bonchev–Trinajstić information content (AvgIpc) is 2.40. The molecule has 0 amide bonds. The van der Waals surface area contributed by atoms with Crippen LogP contribution in [0, 0.1) is 0 Å². The minimum atomic E-state index is 0.742. The van der Waals surface area contributed by atoms with E-state index in [-0.39, 0.29) is 0 Å². The first-order chi connectivity index (χ1) is 9.22. The molecule has 0 saturated carbocycles. The van der Waals surface area contributed by atoms with Gasteiger partial charge in [0.05, 0.1) is 7.11 Å². The fraction of sp³-hybridized carbons (Fsp3) is 0.625. The van der Waals surface area contributed by atoms with Gasteiger partial charge < -0.3 is 10.5 Å². The average molecular weight is 262 g/mol. The first kappa shape index (κ1) is 14.2. The van der Waals surface area contributed by atoms with Crippen LogP contribution in [0.2, 0.25) is 0 Å². The smallest absolute Gasteiger partial charge is 0.121 e.